The van der Waals surface area contributed by atoms with Gasteiger partial charge in [-0.1, -0.05) is 30.3 Å². The van der Waals surface area contributed by atoms with Crippen molar-refractivity contribution >= 4 is 18.0 Å². The SMILES string of the molecule is CCOC(=O)CNC(=O)O[C@H]1CCN(C(=O)c2cc(C(F)(F)F)cc(C(F)(F)F)c2)[C@H](Cc2ccccc2)C1. The Morgan fingerprint density at radius 1 is 0.974 bits per heavy atom. The molecule has 2 amide bonds. The van der Waals surface area contributed by atoms with Gasteiger partial charge in [0.1, 0.15) is 12.6 Å². The Bertz CT molecular complexity index is 1140. The van der Waals surface area contributed by atoms with Crippen LogP contribution in [0, 0.1) is 0 Å². The molecule has 0 saturated carbocycles. The largest absolute Gasteiger partial charge is 0.465 e. The molecule has 3 rings (SSSR count). The van der Waals surface area contributed by atoms with Crippen molar-refractivity contribution in [1.82, 2.24) is 10.2 Å². The van der Waals surface area contributed by atoms with E-state index in [1.54, 1.807) is 37.3 Å². The van der Waals surface area contributed by atoms with E-state index in [2.05, 4.69) is 5.32 Å². The lowest BCUT2D eigenvalue weighted by atomic mass is 9.92. The fraction of sp³-hybridized carbons (Fsp3) is 0.423. The second-order valence-corrected chi connectivity index (χ2v) is 8.85. The molecule has 212 valence electrons. The van der Waals surface area contributed by atoms with E-state index in [9.17, 15) is 40.7 Å². The molecular formula is C26H26F6N2O5. The van der Waals surface area contributed by atoms with Crippen molar-refractivity contribution in [1.29, 1.82) is 0 Å². The topological polar surface area (TPSA) is 84.9 Å². The minimum absolute atomic E-state index is 0.0345. The van der Waals surface area contributed by atoms with Crippen LogP contribution in [0.15, 0.2) is 48.5 Å². The highest BCUT2D eigenvalue weighted by Crippen LogP contribution is 2.37. The van der Waals surface area contributed by atoms with Crippen LogP contribution in [0.4, 0.5) is 31.1 Å². The van der Waals surface area contributed by atoms with Crippen molar-refractivity contribution in [3.05, 3.63) is 70.8 Å². The number of rotatable bonds is 7. The second kappa shape index (κ2) is 12.4. The number of nitrogens with zero attached hydrogens (tertiary/aromatic N) is 1. The minimum Gasteiger partial charge on any atom is -0.465 e. The van der Waals surface area contributed by atoms with E-state index in [4.69, 9.17) is 9.47 Å². The molecule has 1 saturated heterocycles. The average molecular weight is 560 g/mol. The molecule has 0 bridgehead atoms. The van der Waals surface area contributed by atoms with Crippen molar-refractivity contribution < 1.29 is 50.2 Å². The van der Waals surface area contributed by atoms with Gasteiger partial charge in [0, 0.05) is 31.0 Å². The van der Waals surface area contributed by atoms with E-state index in [1.165, 1.54) is 4.90 Å². The van der Waals surface area contributed by atoms with Gasteiger partial charge in [0.25, 0.3) is 5.91 Å². The standard InChI is InChI=1S/C26H26F6N2O5/c1-2-38-22(35)15-33-24(37)39-21-8-9-34(20(14-21)10-16-6-4-3-5-7-16)23(36)17-11-18(25(27,28)29)13-19(12-17)26(30,31)32/h3-7,11-13,20-21H,2,8-10,14-15H2,1H3,(H,33,37)/t20-,21+/m1/s1. The van der Waals surface area contributed by atoms with Gasteiger partial charge in [-0.05, 0) is 37.1 Å². The van der Waals surface area contributed by atoms with Crippen LogP contribution in [0.1, 0.15) is 46.8 Å². The third kappa shape index (κ3) is 8.36. The van der Waals surface area contributed by atoms with E-state index >= 15 is 0 Å². The summed E-state index contributed by atoms with van der Waals surface area (Å²) in [6.45, 7) is 1.21. The summed E-state index contributed by atoms with van der Waals surface area (Å²) in [4.78, 5) is 38.1. The summed E-state index contributed by atoms with van der Waals surface area (Å²) in [5.74, 6) is -1.67. The maximum Gasteiger partial charge on any atom is 0.416 e. The molecule has 0 radical (unpaired) electrons. The van der Waals surface area contributed by atoms with Crippen LogP contribution in [0.5, 0.6) is 0 Å². The van der Waals surface area contributed by atoms with Crippen LogP contribution in [0.2, 0.25) is 0 Å². The van der Waals surface area contributed by atoms with Crippen molar-refractivity contribution in [3.8, 4) is 0 Å². The number of likely N-dealkylation sites (tertiary alicyclic amines) is 1. The Labute approximate surface area is 220 Å². The zero-order chi connectivity index (χ0) is 28.8. The Hall–Kier alpha value is -3.77. The van der Waals surface area contributed by atoms with E-state index in [0.29, 0.717) is 12.1 Å². The lowest BCUT2D eigenvalue weighted by Crippen LogP contribution is -2.50. The third-order valence-corrected chi connectivity index (χ3v) is 6.03. The smallest absolute Gasteiger partial charge is 0.416 e. The van der Waals surface area contributed by atoms with E-state index < -0.39 is 65.7 Å². The number of halogens is 6. The Morgan fingerprint density at radius 3 is 2.15 bits per heavy atom. The molecule has 2 aromatic rings. The number of alkyl halides is 6. The van der Waals surface area contributed by atoms with Crippen molar-refractivity contribution in [2.75, 3.05) is 19.7 Å². The molecule has 0 spiro atoms. The zero-order valence-corrected chi connectivity index (χ0v) is 20.8. The van der Waals surface area contributed by atoms with Gasteiger partial charge >= 0.3 is 24.4 Å². The van der Waals surface area contributed by atoms with Crippen LogP contribution in [-0.4, -0.2) is 54.7 Å². The van der Waals surface area contributed by atoms with Crippen molar-refractivity contribution in [2.45, 2.75) is 50.7 Å². The highest BCUT2D eigenvalue weighted by molar-refractivity contribution is 5.95. The van der Waals surface area contributed by atoms with E-state index in [0.717, 1.165) is 5.56 Å². The summed E-state index contributed by atoms with van der Waals surface area (Å²) < 4.78 is 90.2. The number of hydrogen-bond donors (Lipinski definition) is 1. The molecule has 1 heterocycles. The molecular weight excluding hydrogens is 534 g/mol. The predicted molar refractivity (Wildman–Crippen MR) is 126 cm³/mol. The highest BCUT2D eigenvalue weighted by atomic mass is 19.4. The number of esters is 1. The number of piperidine rings is 1. The molecule has 39 heavy (non-hydrogen) atoms. The summed E-state index contributed by atoms with van der Waals surface area (Å²) in [6.07, 6.45) is -11.5. The Morgan fingerprint density at radius 2 is 1.59 bits per heavy atom. The molecule has 1 aliphatic rings. The number of nitrogens with one attached hydrogen (secondary N) is 1. The lowest BCUT2D eigenvalue weighted by molar-refractivity contribution is -0.143. The van der Waals surface area contributed by atoms with Gasteiger partial charge < -0.3 is 19.7 Å². The number of carbonyl (C=O) groups excluding carboxylic acids is 3. The monoisotopic (exact) mass is 560 g/mol. The third-order valence-electron chi connectivity index (χ3n) is 6.03. The zero-order valence-electron chi connectivity index (χ0n) is 20.8. The van der Waals surface area contributed by atoms with Crippen LogP contribution in [0.3, 0.4) is 0 Å². The van der Waals surface area contributed by atoms with Crippen LogP contribution in [-0.2, 0) is 33.0 Å². The molecule has 0 aliphatic carbocycles. The highest BCUT2D eigenvalue weighted by Gasteiger charge is 2.39. The fourth-order valence-corrected chi connectivity index (χ4v) is 4.26. The van der Waals surface area contributed by atoms with Crippen molar-refractivity contribution in [3.63, 3.8) is 0 Å². The second-order valence-electron chi connectivity index (χ2n) is 8.85. The van der Waals surface area contributed by atoms with Gasteiger partial charge in [0.2, 0.25) is 0 Å². The molecule has 2 atom stereocenters. The van der Waals surface area contributed by atoms with Gasteiger partial charge in [-0.15, -0.1) is 0 Å². The number of amides is 2. The van der Waals surface area contributed by atoms with Crippen LogP contribution < -0.4 is 5.32 Å². The van der Waals surface area contributed by atoms with Gasteiger partial charge in [0.05, 0.1) is 17.7 Å². The first kappa shape index (κ1) is 29.8. The van der Waals surface area contributed by atoms with Gasteiger partial charge in [-0.3, -0.25) is 9.59 Å². The van der Waals surface area contributed by atoms with Gasteiger partial charge in [0.15, 0.2) is 0 Å². The van der Waals surface area contributed by atoms with Crippen LogP contribution >= 0.6 is 0 Å². The molecule has 13 heteroatoms. The summed E-state index contributed by atoms with van der Waals surface area (Å²) >= 11 is 0. The van der Waals surface area contributed by atoms with E-state index in [-0.39, 0.29) is 38.5 Å². The molecule has 0 aromatic heterocycles. The molecule has 1 fully saturated rings. The van der Waals surface area contributed by atoms with Crippen LogP contribution in [0.25, 0.3) is 0 Å². The average Bonchev–Trinajstić information content (AvgIpc) is 2.87. The molecule has 7 nitrogen and oxygen atoms in total. The molecule has 0 unspecified atom stereocenters. The fourth-order valence-electron chi connectivity index (χ4n) is 4.26. The quantitative estimate of drug-likeness (QED) is 0.371. The normalized spacial score (nSPS) is 17.9. The van der Waals surface area contributed by atoms with Crippen molar-refractivity contribution in [2.24, 2.45) is 0 Å². The minimum atomic E-state index is -5.10. The summed E-state index contributed by atoms with van der Waals surface area (Å²) in [7, 11) is 0. The maximum atomic E-state index is 13.4. The number of hydrogen-bond acceptors (Lipinski definition) is 5. The first-order valence-corrected chi connectivity index (χ1v) is 12.0. The summed E-state index contributed by atoms with van der Waals surface area (Å²) in [5.41, 5.74) is -3.16. The molecule has 1 N–H and O–H groups in total. The number of benzene rings is 2. The molecule has 2 aromatic carbocycles. The predicted octanol–water partition coefficient (Wildman–Crippen LogP) is 5.23. The Kier molecular flexibility index (Phi) is 9.46. The van der Waals surface area contributed by atoms with Gasteiger partial charge in [-0.25, -0.2) is 4.79 Å². The van der Waals surface area contributed by atoms with E-state index in [1.807, 2.05) is 0 Å². The summed E-state index contributed by atoms with van der Waals surface area (Å²) in [6, 6.07) is 8.82. The lowest BCUT2D eigenvalue weighted by Gasteiger charge is -2.39. The molecule has 1 aliphatic heterocycles. The Balaban J connectivity index is 1.84. The summed E-state index contributed by atoms with van der Waals surface area (Å²) in [5, 5.41) is 2.25. The first-order valence-electron chi connectivity index (χ1n) is 12.0. The maximum absolute atomic E-state index is 13.4. The number of alkyl carbamates (subject to hydrolysis) is 1. The first-order chi connectivity index (χ1) is 18.3. The number of ether oxygens (including phenoxy) is 2. The van der Waals surface area contributed by atoms with Gasteiger partial charge in [-0.2, -0.15) is 26.3 Å². The number of carbonyl (C=O) groups is 3.